The van der Waals surface area contributed by atoms with Crippen LogP contribution in [-0.4, -0.2) is 25.0 Å². The number of hydrogen-bond acceptors (Lipinski definition) is 6. The van der Waals surface area contributed by atoms with Crippen molar-refractivity contribution in [3.8, 4) is 6.07 Å². The summed E-state index contributed by atoms with van der Waals surface area (Å²) < 4.78 is 4.56. The van der Waals surface area contributed by atoms with Crippen LogP contribution in [0, 0.1) is 11.3 Å². The maximum atomic E-state index is 11.4. The van der Waals surface area contributed by atoms with Crippen LogP contribution >= 0.6 is 0 Å². The minimum atomic E-state index is -1.38. The summed E-state index contributed by atoms with van der Waals surface area (Å²) in [4.78, 5) is 22.2. The summed E-state index contributed by atoms with van der Waals surface area (Å²) >= 11 is 0. The van der Waals surface area contributed by atoms with E-state index < -0.39 is 17.9 Å². The Labute approximate surface area is 103 Å². The maximum absolute atomic E-state index is 11.4. The number of nitrogens with two attached hydrogens (primary N) is 1. The smallest absolute Gasteiger partial charge is 0.340 e. The zero-order chi connectivity index (χ0) is 13.5. The molecule has 0 saturated heterocycles. The number of esters is 1. The Morgan fingerprint density at radius 1 is 1.44 bits per heavy atom. The summed E-state index contributed by atoms with van der Waals surface area (Å²) in [6, 6.07) is 6.46. The molecular formula is C11H10N4O3. The number of azo groups is 1. The number of carbonyl (C=O) groups excluding carboxylic acids is 2. The zero-order valence-corrected chi connectivity index (χ0v) is 9.53. The van der Waals surface area contributed by atoms with Gasteiger partial charge in [-0.25, -0.2) is 4.79 Å². The van der Waals surface area contributed by atoms with Crippen molar-refractivity contribution in [2.45, 2.75) is 6.04 Å². The fourth-order valence-corrected chi connectivity index (χ4v) is 1.11. The van der Waals surface area contributed by atoms with E-state index in [4.69, 9.17) is 11.0 Å². The maximum Gasteiger partial charge on any atom is 0.340 e. The average molecular weight is 246 g/mol. The third kappa shape index (κ3) is 3.12. The first-order valence-corrected chi connectivity index (χ1v) is 4.87. The van der Waals surface area contributed by atoms with Gasteiger partial charge >= 0.3 is 5.97 Å². The predicted octanol–water partition coefficient (Wildman–Crippen LogP) is 0.934. The van der Waals surface area contributed by atoms with E-state index in [-0.39, 0.29) is 11.3 Å². The van der Waals surface area contributed by atoms with Gasteiger partial charge in [0.05, 0.1) is 18.4 Å². The van der Waals surface area contributed by atoms with Crippen molar-refractivity contribution >= 4 is 17.6 Å². The topological polar surface area (TPSA) is 118 Å². The molecule has 0 radical (unpaired) electrons. The van der Waals surface area contributed by atoms with Gasteiger partial charge in [0.1, 0.15) is 6.07 Å². The summed E-state index contributed by atoms with van der Waals surface area (Å²) in [6.07, 6.45) is 0. The molecule has 0 aliphatic rings. The number of methoxy groups -OCH3 is 1. The summed E-state index contributed by atoms with van der Waals surface area (Å²) in [6.45, 7) is 0. The second-order valence-electron chi connectivity index (χ2n) is 3.16. The van der Waals surface area contributed by atoms with Gasteiger partial charge in [0, 0.05) is 0 Å². The highest BCUT2D eigenvalue weighted by Gasteiger charge is 2.14. The van der Waals surface area contributed by atoms with Gasteiger partial charge in [-0.15, -0.1) is 0 Å². The molecular weight excluding hydrogens is 236 g/mol. The average Bonchev–Trinajstić information content (AvgIpc) is 2.38. The minimum Gasteiger partial charge on any atom is -0.465 e. The molecule has 1 aromatic rings. The van der Waals surface area contributed by atoms with Crippen LogP contribution in [0.3, 0.4) is 0 Å². The van der Waals surface area contributed by atoms with Crippen LogP contribution in [0.2, 0.25) is 0 Å². The lowest BCUT2D eigenvalue weighted by molar-refractivity contribution is -0.118. The summed E-state index contributed by atoms with van der Waals surface area (Å²) in [7, 11) is 1.23. The van der Waals surface area contributed by atoms with E-state index >= 15 is 0 Å². The van der Waals surface area contributed by atoms with Crippen LogP contribution < -0.4 is 5.73 Å². The second kappa shape index (κ2) is 6.10. The first-order chi connectivity index (χ1) is 8.60. The van der Waals surface area contributed by atoms with Crippen LogP contribution in [0.5, 0.6) is 0 Å². The molecule has 1 rings (SSSR count). The molecule has 2 N–H and O–H groups in total. The standard InChI is InChI=1S/C11H10N4O3/c1-18-11(17)7-4-2-3-5-8(7)14-15-9(6-12)10(13)16/h2-5,9H,1H3,(H2,13,16)/t9-/m1/s1. The van der Waals surface area contributed by atoms with Gasteiger partial charge < -0.3 is 10.5 Å². The Hall–Kier alpha value is -2.75. The van der Waals surface area contributed by atoms with Gasteiger partial charge in [0.15, 0.2) is 0 Å². The van der Waals surface area contributed by atoms with E-state index in [1.54, 1.807) is 18.2 Å². The van der Waals surface area contributed by atoms with Gasteiger partial charge in [-0.05, 0) is 12.1 Å². The molecule has 0 unspecified atom stereocenters. The fraction of sp³-hybridized carbons (Fsp3) is 0.182. The molecule has 1 atom stereocenters. The first kappa shape index (κ1) is 13.3. The number of nitriles is 1. The van der Waals surface area contributed by atoms with Crippen molar-refractivity contribution in [3.05, 3.63) is 29.8 Å². The molecule has 0 heterocycles. The third-order valence-electron chi connectivity index (χ3n) is 1.98. The summed E-state index contributed by atoms with van der Waals surface area (Å²) in [5, 5.41) is 15.7. The lowest BCUT2D eigenvalue weighted by atomic mass is 10.2. The first-order valence-electron chi connectivity index (χ1n) is 4.87. The predicted molar refractivity (Wildman–Crippen MR) is 60.9 cm³/mol. The number of benzene rings is 1. The van der Waals surface area contributed by atoms with Gasteiger partial charge in [-0.2, -0.15) is 15.5 Å². The normalized spacial score (nSPS) is 11.8. The summed E-state index contributed by atoms with van der Waals surface area (Å²) in [5.41, 5.74) is 5.31. The van der Waals surface area contributed by atoms with Crippen LogP contribution in [0.4, 0.5) is 5.69 Å². The highest BCUT2D eigenvalue weighted by Crippen LogP contribution is 2.20. The van der Waals surface area contributed by atoms with E-state index in [0.29, 0.717) is 0 Å². The van der Waals surface area contributed by atoms with Crippen LogP contribution in [-0.2, 0) is 9.53 Å². The number of amides is 1. The van der Waals surface area contributed by atoms with Crippen molar-refractivity contribution in [3.63, 3.8) is 0 Å². The van der Waals surface area contributed by atoms with Gasteiger partial charge in [0.2, 0.25) is 6.04 Å². The van der Waals surface area contributed by atoms with Crippen LogP contribution in [0.25, 0.3) is 0 Å². The highest BCUT2D eigenvalue weighted by molar-refractivity contribution is 5.94. The van der Waals surface area contributed by atoms with E-state index in [9.17, 15) is 9.59 Å². The number of nitrogens with zero attached hydrogens (tertiary/aromatic N) is 3. The Kier molecular flexibility index (Phi) is 4.51. The number of hydrogen-bond donors (Lipinski definition) is 1. The van der Waals surface area contributed by atoms with Gasteiger partial charge in [-0.1, -0.05) is 12.1 Å². The lowest BCUT2D eigenvalue weighted by Crippen LogP contribution is -2.24. The molecule has 0 aliphatic heterocycles. The molecule has 1 amide bonds. The van der Waals surface area contributed by atoms with E-state index in [1.807, 2.05) is 0 Å². The highest BCUT2D eigenvalue weighted by atomic mass is 16.5. The van der Waals surface area contributed by atoms with Gasteiger partial charge in [-0.3, -0.25) is 4.79 Å². The van der Waals surface area contributed by atoms with Crippen LogP contribution in [0.15, 0.2) is 34.5 Å². The van der Waals surface area contributed by atoms with Crippen molar-refractivity contribution in [1.82, 2.24) is 0 Å². The summed E-state index contributed by atoms with van der Waals surface area (Å²) in [5.74, 6) is -1.49. The minimum absolute atomic E-state index is 0.185. The molecule has 0 aromatic heterocycles. The van der Waals surface area contributed by atoms with Crippen molar-refractivity contribution in [2.75, 3.05) is 7.11 Å². The molecule has 0 bridgehead atoms. The quantitative estimate of drug-likeness (QED) is 0.627. The SMILES string of the molecule is COC(=O)c1ccccc1N=N[C@H](C#N)C(N)=O. The third-order valence-corrected chi connectivity index (χ3v) is 1.98. The molecule has 0 saturated carbocycles. The Morgan fingerprint density at radius 2 is 2.11 bits per heavy atom. The Morgan fingerprint density at radius 3 is 2.67 bits per heavy atom. The second-order valence-corrected chi connectivity index (χ2v) is 3.16. The molecule has 7 heteroatoms. The fourth-order valence-electron chi connectivity index (χ4n) is 1.11. The molecule has 0 fully saturated rings. The van der Waals surface area contributed by atoms with E-state index in [2.05, 4.69) is 15.0 Å². The molecule has 0 aliphatic carbocycles. The largest absolute Gasteiger partial charge is 0.465 e. The van der Waals surface area contributed by atoms with Crippen LogP contribution in [0.1, 0.15) is 10.4 Å². The van der Waals surface area contributed by atoms with E-state index in [1.165, 1.54) is 19.2 Å². The molecule has 7 nitrogen and oxygen atoms in total. The van der Waals surface area contributed by atoms with E-state index in [0.717, 1.165) is 0 Å². The molecule has 92 valence electrons. The number of primary amides is 1. The number of carbonyl (C=O) groups is 2. The van der Waals surface area contributed by atoms with Crippen molar-refractivity contribution < 1.29 is 14.3 Å². The van der Waals surface area contributed by atoms with Crippen molar-refractivity contribution in [2.24, 2.45) is 16.0 Å². The van der Waals surface area contributed by atoms with Crippen molar-refractivity contribution in [1.29, 1.82) is 5.26 Å². The Balaban J connectivity index is 3.05. The monoisotopic (exact) mass is 246 g/mol. The number of rotatable bonds is 4. The lowest BCUT2D eigenvalue weighted by Gasteiger charge is -2.02. The Bertz CT molecular complexity index is 533. The molecule has 1 aromatic carbocycles. The molecule has 18 heavy (non-hydrogen) atoms. The molecule has 0 spiro atoms. The zero-order valence-electron chi connectivity index (χ0n) is 9.53. The number of ether oxygens (including phenoxy) is 1. The van der Waals surface area contributed by atoms with Gasteiger partial charge in [0.25, 0.3) is 5.91 Å².